The molecule has 0 aromatic heterocycles. The topological polar surface area (TPSA) is 35.2 Å². The number of benzene rings is 1. The van der Waals surface area contributed by atoms with Crippen LogP contribution in [0.2, 0.25) is 0 Å². The molecule has 4 heteroatoms. The molecule has 0 saturated carbocycles. The highest BCUT2D eigenvalue weighted by Gasteiger charge is 2.08. The van der Waals surface area contributed by atoms with Gasteiger partial charge < -0.3 is 10.5 Å². The molecule has 17 heavy (non-hydrogen) atoms. The SMILES string of the molecule is CCCC(C)COc1ccc(C(N)=S)cc1F. The second kappa shape index (κ2) is 6.55. The largest absolute Gasteiger partial charge is 0.490 e. The van der Waals surface area contributed by atoms with Crippen molar-refractivity contribution in [3.8, 4) is 5.75 Å². The Kier molecular flexibility index (Phi) is 5.35. The zero-order valence-corrected chi connectivity index (χ0v) is 11.0. The fraction of sp³-hybridized carbons (Fsp3) is 0.462. The number of rotatable bonds is 6. The molecule has 0 heterocycles. The van der Waals surface area contributed by atoms with Crippen molar-refractivity contribution in [1.82, 2.24) is 0 Å². The van der Waals surface area contributed by atoms with Crippen molar-refractivity contribution in [2.24, 2.45) is 11.7 Å². The zero-order valence-electron chi connectivity index (χ0n) is 10.2. The number of hydrogen-bond donors (Lipinski definition) is 1. The zero-order chi connectivity index (χ0) is 12.8. The molecule has 1 atom stereocenters. The maximum atomic E-state index is 13.6. The van der Waals surface area contributed by atoms with E-state index in [1.807, 2.05) is 0 Å². The molecule has 1 unspecified atom stereocenters. The van der Waals surface area contributed by atoms with Gasteiger partial charge in [0.15, 0.2) is 11.6 Å². The molecule has 0 amide bonds. The predicted octanol–water partition coefficient (Wildman–Crippen LogP) is 3.27. The van der Waals surface area contributed by atoms with E-state index < -0.39 is 5.82 Å². The maximum Gasteiger partial charge on any atom is 0.165 e. The Hall–Kier alpha value is -1.16. The van der Waals surface area contributed by atoms with E-state index in [4.69, 9.17) is 22.7 Å². The van der Waals surface area contributed by atoms with E-state index in [0.717, 1.165) is 12.8 Å². The summed E-state index contributed by atoms with van der Waals surface area (Å²) in [4.78, 5) is 0.190. The predicted molar refractivity (Wildman–Crippen MR) is 71.9 cm³/mol. The lowest BCUT2D eigenvalue weighted by molar-refractivity contribution is 0.241. The summed E-state index contributed by atoms with van der Waals surface area (Å²) in [7, 11) is 0. The number of halogens is 1. The molecular weight excluding hydrogens is 237 g/mol. The molecule has 0 fully saturated rings. The van der Waals surface area contributed by atoms with Gasteiger partial charge in [-0.05, 0) is 30.5 Å². The third kappa shape index (κ3) is 4.30. The smallest absolute Gasteiger partial charge is 0.165 e. The molecule has 94 valence electrons. The summed E-state index contributed by atoms with van der Waals surface area (Å²) in [6, 6.07) is 4.55. The highest BCUT2D eigenvalue weighted by atomic mass is 32.1. The number of thiocarbonyl (C=S) groups is 1. The van der Waals surface area contributed by atoms with Crippen LogP contribution < -0.4 is 10.5 Å². The van der Waals surface area contributed by atoms with Crippen LogP contribution in [0.1, 0.15) is 32.3 Å². The summed E-state index contributed by atoms with van der Waals surface area (Å²) in [5, 5.41) is 0. The Labute approximate surface area is 107 Å². The van der Waals surface area contributed by atoms with Crippen LogP contribution in [0.4, 0.5) is 4.39 Å². The van der Waals surface area contributed by atoms with Crippen LogP contribution in [0.25, 0.3) is 0 Å². The van der Waals surface area contributed by atoms with Crippen molar-refractivity contribution in [1.29, 1.82) is 0 Å². The van der Waals surface area contributed by atoms with E-state index in [1.54, 1.807) is 12.1 Å². The van der Waals surface area contributed by atoms with Crippen LogP contribution in [-0.4, -0.2) is 11.6 Å². The van der Waals surface area contributed by atoms with Gasteiger partial charge in [0, 0.05) is 5.56 Å². The van der Waals surface area contributed by atoms with Gasteiger partial charge in [0.25, 0.3) is 0 Å². The lowest BCUT2D eigenvalue weighted by atomic mass is 10.1. The number of nitrogens with two attached hydrogens (primary N) is 1. The third-order valence-corrected chi connectivity index (χ3v) is 2.76. The van der Waals surface area contributed by atoms with Crippen LogP contribution in [-0.2, 0) is 0 Å². The van der Waals surface area contributed by atoms with Gasteiger partial charge >= 0.3 is 0 Å². The minimum absolute atomic E-state index is 0.190. The lowest BCUT2D eigenvalue weighted by Crippen LogP contribution is -2.11. The van der Waals surface area contributed by atoms with Gasteiger partial charge in [-0.1, -0.05) is 32.5 Å². The number of ether oxygens (including phenoxy) is 1. The first kappa shape index (κ1) is 13.9. The molecule has 1 aromatic rings. The fourth-order valence-electron chi connectivity index (χ4n) is 1.58. The first-order valence-corrected chi connectivity index (χ1v) is 6.17. The Balaban J connectivity index is 2.63. The normalized spacial score (nSPS) is 12.2. The Morgan fingerprint density at radius 2 is 2.24 bits per heavy atom. The maximum absolute atomic E-state index is 13.6. The minimum Gasteiger partial charge on any atom is -0.490 e. The average molecular weight is 255 g/mol. The molecule has 0 radical (unpaired) electrons. The van der Waals surface area contributed by atoms with Crippen LogP contribution in [0.3, 0.4) is 0 Å². The molecule has 2 N–H and O–H groups in total. The van der Waals surface area contributed by atoms with Crippen LogP contribution in [0.5, 0.6) is 5.75 Å². The highest BCUT2D eigenvalue weighted by Crippen LogP contribution is 2.19. The molecule has 1 rings (SSSR count). The summed E-state index contributed by atoms with van der Waals surface area (Å²) in [5.41, 5.74) is 5.94. The molecule has 0 aliphatic rings. The third-order valence-electron chi connectivity index (χ3n) is 2.52. The summed E-state index contributed by atoms with van der Waals surface area (Å²) in [6.07, 6.45) is 2.18. The lowest BCUT2D eigenvalue weighted by Gasteiger charge is -2.13. The van der Waals surface area contributed by atoms with Crippen molar-refractivity contribution in [3.63, 3.8) is 0 Å². The monoisotopic (exact) mass is 255 g/mol. The van der Waals surface area contributed by atoms with Crippen molar-refractivity contribution < 1.29 is 9.13 Å². The van der Waals surface area contributed by atoms with Crippen LogP contribution in [0, 0.1) is 11.7 Å². The molecule has 0 aliphatic carbocycles. The molecular formula is C13H18FNOS. The molecule has 0 aliphatic heterocycles. The van der Waals surface area contributed by atoms with Gasteiger partial charge in [0.2, 0.25) is 0 Å². The van der Waals surface area contributed by atoms with Gasteiger partial charge in [-0.15, -0.1) is 0 Å². The average Bonchev–Trinajstić information content (AvgIpc) is 2.27. The van der Waals surface area contributed by atoms with Crippen molar-refractivity contribution in [2.75, 3.05) is 6.61 Å². The Bertz CT molecular complexity index is 395. The van der Waals surface area contributed by atoms with E-state index >= 15 is 0 Å². The Morgan fingerprint density at radius 3 is 2.76 bits per heavy atom. The molecule has 1 aromatic carbocycles. The summed E-state index contributed by atoms with van der Waals surface area (Å²) >= 11 is 4.78. The van der Waals surface area contributed by atoms with Gasteiger partial charge in [-0.3, -0.25) is 0 Å². The van der Waals surface area contributed by atoms with E-state index in [9.17, 15) is 4.39 Å². The molecule has 2 nitrogen and oxygen atoms in total. The molecule has 0 saturated heterocycles. The first-order chi connectivity index (χ1) is 8.04. The van der Waals surface area contributed by atoms with Crippen LogP contribution >= 0.6 is 12.2 Å². The second-order valence-corrected chi connectivity index (χ2v) is 4.65. The van der Waals surface area contributed by atoms with E-state index in [0.29, 0.717) is 18.1 Å². The van der Waals surface area contributed by atoms with Gasteiger partial charge in [-0.25, -0.2) is 4.39 Å². The minimum atomic E-state index is -0.418. The summed E-state index contributed by atoms with van der Waals surface area (Å²) < 4.78 is 19.0. The Morgan fingerprint density at radius 1 is 1.53 bits per heavy atom. The fourth-order valence-corrected chi connectivity index (χ4v) is 1.71. The molecule has 0 bridgehead atoms. The number of hydrogen-bond acceptors (Lipinski definition) is 2. The van der Waals surface area contributed by atoms with Crippen LogP contribution in [0.15, 0.2) is 18.2 Å². The highest BCUT2D eigenvalue weighted by molar-refractivity contribution is 7.80. The first-order valence-electron chi connectivity index (χ1n) is 5.76. The second-order valence-electron chi connectivity index (χ2n) is 4.21. The van der Waals surface area contributed by atoms with Gasteiger partial charge in [0.1, 0.15) is 4.99 Å². The van der Waals surface area contributed by atoms with Gasteiger partial charge in [-0.2, -0.15) is 0 Å². The summed E-state index contributed by atoms with van der Waals surface area (Å²) in [5.74, 6) is 0.265. The van der Waals surface area contributed by atoms with E-state index in [2.05, 4.69) is 13.8 Å². The standard InChI is InChI=1S/C13H18FNOS/c1-3-4-9(2)8-16-12-6-5-10(13(15)17)7-11(12)14/h5-7,9H,3-4,8H2,1-2H3,(H2,15,17). The van der Waals surface area contributed by atoms with Crippen molar-refractivity contribution in [3.05, 3.63) is 29.6 Å². The summed E-state index contributed by atoms with van der Waals surface area (Å²) in [6.45, 7) is 4.73. The molecule has 0 spiro atoms. The van der Waals surface area contributed by atoms with Crippen molar-refractivity contribution in [2.45, 2.75) is 26.7 Å². The quantitative estimate of drug-likeness (QED) is 0.792. The van der Waals surface area contributed by atoms with E-state index in [1.165, 1.54) is 6.07 Å². The van der Waals surface area contributed by atoms with Gasteiger partial charge in [0.05, 0.1) is 6.61 Å². The van der Waals surface area contributed by atoms with Crippen molar-refractivity contribution >= 4 is 17.2 Å². The van der Waals surface area contributed by atoms with E-state index in [-0.39, 0.29) is 10.7 Å².